The predicted molar refractivity (Wildman–Crippen MR) is 98.2 cm³/mol. The first-order chi connectivity index (χ1) is 14.8. The van der Waals surface area contributed by atoms with Crippen molar-refractivity contribution in [2.24, 2.45) is 0 Å². The van der Waals surface area contributed by atoms with Gasteiger partial charge in [0.05, 0.1) is 5.56 Å². The maximum Gasteiger partial charge on any atom is 0.422 e. The van der Waals surface area contributed by atoms with Crippen molar-refractivity contribution < 1.29 is 50.5 Å². The molecule has 1 amide bonds. The van der Waals surface area contributed by atoms with E-state index in [1.165, 1.54) is 0 Å². The van der Waals surface area contributed by atoms with Gasteiger partial charge < -0.3 is 30.0 Å². The van der Waals surface area contributed by atoms with E-state index in [4.69, 9.17) is 9.90 Å². The molecule has 0 spiro atoms. The molecule has 1 aromatic rings. The van der Waals surface area contributed by atoms with E-state index in [0.717, 1.165) is 50.9 Å². The Morgan fingerprint density at radius 1 is 1.09 bits per heavy atom. The molecule has 2 N–H and O–H groups in total. The van der Waals surface area contributed by atoms with E-state index in [2.05, 4.69) is 20.1 Å². The van der Waals surface area contributed by atoms with Crippen LogP contribution < -0.4 is 25.2 Å². The van der Waals surface area contributed by atoms with Crippen molar-refractivity contribution in [3.63, 3.8) is 0 Å². The lowest BCUT2D eigenvalue weighted by molar-refractivity contribution is -0.302. The van der Waals surface area contributed by atoms with Crippen LogP contribution in [0.2, 0.25) is 0 Å². The van der Waals surface area contributed by atoms with Gasteiger partial charge in [-0.25, -0.2) is 0 Å². The van der Waals surface area contributed by atoms with Crippen LogP contribution >= 0.6 is 0 Å². The average molecular weight is 473 g/mol. The van der Waals surface area contributed by atoms with Crippen LogP contribution in [0.4, 0.5) is 26.3 Å². The molecule has 2 rings (SSSR count). The largest absolute Gasteiger partial charge is 0.550 e. The fourth-order valence-corrected chi connectivity index (χ4v) is 2.64. The summed E-state index contributed by atoms with van der Waals surface area (Å²) >= 11 is 0. The van der Waals surface area contributed by atoms with Crippen LogP contribution in [0.5, 0.6) is 11.5 Å². The quantitative estimate of drug-likeness (QED) is 0.590. The molecule has 0 aromatic heterocycles. The Labute approximate surface area is 180 Å². The summed E-state index contributed by atoms with van der Waals surface area (Å²) < 4.78 is 83.3. The average Bonchev–Trinajstić information content (AvgIpc) is 2.68. The highest BCUT2D eigenvalue weighted by atomic mass is 19.4. The van der Waals surface area contributed by atoms with Crippen LogP contribution in [0.25, 0.3) is 0 Å². The first-order valence-electron chi connectivity index (χ1n) is 9.49. The maximum absolute atomic E-state index is 12.4. The van der Waals surface area contributed by atoms with Crippen LogP contribution in [0.15, 0.2) is 18.2 Å². The topological polar surface area (TPSA) is 99.7 Å². The molecule has 7 nitrogen and oxygen atoms in total. The number of rotatable bonds is 7. The number of carboxylic acid groups (broad SMARTS) is 1. The number of hydrogen-bond acceptors (Lipinski definition) is 6. The molecule has 0 bridgehead atoms. The van der Waals surface area contributed by atoms with Gasteiger partial charge in [0.25, 0.3) is 5.91 Å². The van der Waals surface area contributed by atoms with Gasteiger partial charge in [0.2, 0.25) is 0 Å². The van der Waals surface area contributed by atoms with Crippen molar-refractivity contribution in [2.75, 3.05) is 26.3 Å². The highest BCUT2D eigenvalue weighted by Gasteiger charge is 2.30. The van der Waals surface area contributed by atoms with Gasteiger partial charge in [-0.05, 0) is 44.5 Å². The van der Waals surface area contributed by atoms with E-state index in [-0.39, 0.29) is 23.9 Å². The molecule has 0 radical (unpaired) electrons. The van der Waals surface area contributed by atoms with E-state index in [9.17, 15) is 31.1 Å². The molecule has 13 heteroatoms. The van der Waals surface area contributed by atoms with Crippen molar-refractivity contribution in [1.82, 2.24) is 10.6 Å². The zero-order valence-corrected chi connectivity index (χ0v) is 17.1. The zero-order chi connectivity index (χ0) is 24.4. The van der Waals surface area contributed by atoms with Gasteiger partial charge in [-0.1, -0.05) is 6.42 Å². The van der Waals surface area contributed by atoms with E-state index in [0.29, 0.717) is 0 Å². The van der Waals surface area contributed by atoms with E-state index >= 15 is 0 Å². The van der Waals surface area contributed by atoms with Gasteiger partial charge in [-0.2, -0.15) is 26.3 Å². The smallest absolute Gasteiger partial charge is 0.422 e. The minimum atomic E-state index is -4.63. The first kappa shape index (κ1) is 27.3. The minimum Gasteiger partial charge on any atom is -0.550 e. The molecule has 1 heterocycles. The number of aliphatic carboxylic acids is 1. The lowest BCUT2D eigenvalue weighted by Gasteiger charge is -2.24. The second-order valence-electron chi connectivity index (χ2n) is 6.81. The molecular weight excluding hydrogens is 450 g/mol. The second kappa shape index (κ2) is 12.4. The number of benzene rings is 1. The Morgan fingerprint density at radius 3 is 2.22 bits per heavy atom. The summed E-state index contributed by atoms with van der Waals surface area (Å²) in [7, 11) is 0. The standard InChI is InChI=1S/C17H20F6N2O3.C2H4O2/c18-16(19,20)9-27-12-4-5-14(28-10-17(21,22)23)13(7-12)15(26)25-8-11-3-1-2-6-24-11;1-2(3)4/h4-5,7,11,24H,1-3,6,8-10H2,(H,25,26);1H3,(H,3,4)/p-1. The summed E-state index contributed by atoms with van der Waals surface area (Å²) in [5.41, 5.74) is -0.334. The third kappa shape index (κ3) is 12.2. The number of nitrogens with one attached hydrogen (secondary N) is 2. The van der Waals surface area contributed by atoms with Crippen molar-refractivity contribution in [3.8, 4) is 11.5 Å². The van der Waals surface area contributed by atoms with Gasteiger partial charge in [0, 0.05) is 18.6 Å². The summed E-state index contributed by atoms with van der Waals surface area (Å²) in [6.07, 6.45) is -6.41. The zero-order valence-electron chi connectivity index (χ0n) is 17.1. The summed E-state index contributed by atoms with van der Waals surface area (Å²) in [5.74, 6) is -2.55. The molecule has 0 aliphatic carbocycles. The number of alkyl halides is 6. The normalized spacial score (nSPS) is 16.4. The van der Waals surface area contributed by atoms with Crippen LogP contribution in [-0.4, -0.2) is 56.6 Å². The van der Waals surface area contributed by atoms with Gasteiger partial charge >= 0.3 is 12.4 Å². The molecule has 1 aliphatic heterocycles. The minimum absolute atomic E-state index is 0.0157. The van der Waals surface area contributed by atoms with Crippen molar-refractivity contribution in [3.05, 3.63) is 23.8 Å². The number of halogens is 6. The van der Waals surface area contributed by atoms with Crippen molar-refractivity contribution in [1.29, 1.82) is 0 Å². The third-order valence-corrected chi connectivity index (χ3v) is 3.91. The number of carbonyl (C=O) groups is 2. The molecular formula is C19H23F6N2O5-. The van der Waals surface area contributed by atoms with Crippen molar-refractivity contribution in [2.45, 2.75) is 44.6 Å². The lowest BCUT2D eigenvalue weighted by atomic mass is 10.0. The Kier molecular flexibility index (Phi) is 10.6. The summed E-state index contributed by atoms with van der Waals surface area (Å²) in [5, 5.41) is 14.6. The molecule has 1 aliphatic rings. The van der Waals surface area contributed by atoms with E-state index < -0.39 is 43.2 Å². The molecule has 0 saturated carbocycles. The Balaban J connectivity index is 0.00000118. The molecule has 1 aromatic carbocycles. The molecule has 1 saturated heterocycles. The van der Waals surface area contributed by atoms with Gasteiger partial charge in [-0.3, -0.25) is 4.79 Å². The van der Waals surface area contributed by atoms with Crippen LogP contribution in [-0.2, 0) is 4.79 Å². The summed E-state index contributed by atoms with van der Waals surface area (Å²) in [6, 6.07) is 2.94. The molecule has 1 unspecified atom stereocenters. The van der Waals surface area contributed by atoms with Gasteiger partial charge in [0.15, 0.2) is 13.2 Å². The number of carbonyl (C=O) groups excluding carboxylic acids is 2. The Morgan fingerprint density at radius 2 is 1.69 bits per heavy atom. The maximum atomic E-state index is 12.4. The van der Waals surface area contributed by atoms with Gasteiger partial charge in [-0.15, -0.1) is 0 Å². The Bertz CT molecular complexity index is 745. The lowest BCUT2D eigenvalue weighted by Crippen LogP contribution is -2.43. The number of carboxylic acids is 1. The highest BCUT2D eigenvalue weighted by molar-refractivity contribution is 5.97. The van der Waals surface area contributed by atoms with E-state index in [1.54, 1.807) is 0 Å². The second-order valence-corrected chi connectivity index (χ2v) is 6.81. The molecule has 32 heavy (non-hydrogen) atoms. The predicted octanol–water partition coefficient (Wildman–Crippen LogP) is 2.20. The number of hydrogen-bond donors (Lipinski definition) is 2. The molecule has 182 valence electrons. The first-order valence-corrected chi connectivity index (χ1v) is 9.49. The number of ether oxygens (including phenoxy) is 2. The molecule has 1 fully saturated rings. The monoisotopic (exact) mass is 473 g/mol. The third-order valence-electron chi connectivity index (χ3n) is 3.91. The van der Waals surface area contributed by atoms with Gasteiger partial charge in [0.1, 0.15) is 11.5 Å². The summed E-state index contributed by atoms with van der Waals surface area (Å²) in [4.78, 5) is 21.3. The van der Waals surface area contributed by atoms with Crippen LogP contribution in [0, 0.1) is 0 Å². The molecule has 1 atom stereocenters. The summed E-state index contributed by atoms with van der Waals surface area (Å²) in [6.45, 7) is -1.24. The fourth-order valence-electron chi connectivity index (χ4n) is 2.64. The number of amides is 1. The van der Waals surface area contributed by atoms with Crippen LogP contribution in [0.1, 0.15) is 36.5 Å². The van der Waals surface area contributed by atoms with Crippen molar-refractivity contribution >= 4 is 11.9 Å². The van der Waals surface area contributed by atoms with Crippen LogP contribution in [0.3, 0.4) is 0 Å². The SMILES string of the molecule is CC(=O)[O-].O=C(NCC1CCCCN1)c1cc(OCC(F)(F)F)ccc1OCC(F)(F)F. The highest BCUT2D eigenvalue weighted by Crippen LogP contribution is 2.28. The van der Waals surface area contributed by atoms with E-state index in [1.807, 2.05) is 0 Å². The number of piperidine rings is 1. The Hall–Kier alpha value is -2.70. The fraction of sp³-hybridized carbons (Fsp3) is 0.579.